The molecule has 18 heavy (non-hydrogen) atoms. The molecule has 2 bridgehead atoms. The summed E-state index contributed by atoms with van der Waals surface area (Å²) in [5.74, 6) is 1.56. The van der Waals surface area contributed by atoms with Crippen LogP contribution in [-0.4, -0.2) is 28.5 Å². The van der Waals surface area contributed by atoms with E-state index in [9.17, 15) is 14.5 Å². The Morgan fingerprint density at radius 3 is 2.56 bits per heavy atom. The Hall–Kier alpha value is -1.30. The smallest absolute Gasteiger partial charge is 0.272 e. The lowest BCUT2D eigenvalue weighted by atomic mass is 10.2. The van der Waals surface area contributed by atoms with Crippen LogP contribution in [0.1, 0.15) is 12.8 Å². The van der Waals surface area contributed by atoms with Crippen molar-refractivity contribution in [2.45, 2.75) is 24.9 Å². The number of hydrogen-bond acceptors (Lipinski definition) is 4. The zero-order chi connectivity index (χ0) is 12.7. The largest absolute Gasteiger partial charge is 0.362 e. The zero-order valence-corrected chi connectivity index (χ0v) is 10.5. The summed E-state index contributed by atoms with van der Waals surface area (Å²) in [6.45, 7) is 0. The standard InChI is InChI=1S/C12H13FN2O2S/c13-11-5-8(15(16)17)3-4-12(11)14-9-1-2-10(14)7-18-6-9/h3-5,9-10H,1-2,6-7H2. The molecule has 2 atom stereocenters. The van der Waals surface area contributed by atoms with E-state index >= 15 is 0 Å². The molecular formula is C12H13FN2O2S. The highest BCUT2D eigenvalue weighted by atomic mass is 32.2. The van der Waals surface area contributed by atoms with Gasteiger partial charge in [-0.25, -0.2) is 4.39 Å². The number of nitro benzene ring substituents is 1. The van der Waals surface area contributed by atoms with Gasteiger partial charge in [-0.2, -0.15) is 11.8 Å². The van der Waals surface area contributed by atoms with Gasteiger partial charge in [0.15, 0.2) is 5.82 Å². The minimum atomic E-state index is -0.562. The Balaban J connectivity index is 1.95. The summed E-state index contributed by atoms with van der Waals surface area (Å²) in [6, 6.07) is 4.72. The van der Waals surface area contributed by atoms with Gasteiger partial charge in [0, 0.05) is 29.7 Å². The van der Waals surface area contributed by atoms with Crippen molar-refractivity contribution >= 4 is 23.1 Å². The Labute approximate surface area is 108 Å². The zero-order valence-electron chi connectivity index (χ0n) is 9.71. The first-order chi connectivity index (χ1) is 8.66. The molecule has 0 aliphatic carbocycles. The second kappa shape index (κ2) is 4.42. The number of fused-ring (bicyclic) bond motifs is 2. The molecular weight excluding hydrogens is 255 g/mol. The van der Waals surface area contributed by atoms with E-state index in [0.717, 1.165) is 30.4 Å². The van der Waals surface area contributed by atoms with Crippen LogP contribution in [0.25, 0.3) is 0 Å². The van der Waals surface area contributed by atoms with Crippen molar-refractivity contribution < 1.29 is 9.31 Å². The van der Waals surface area contributed by atoms with Crippen LogP contribution in [0.2, 0.25) is 0 Å². The second-order valence-corrected chi connectivity index (χ2v) is 5.80. The number of non-ortho nitro benzene ring substituents is 1. The van der Waals surface area contributed by atoms with Gasteiger partial charge in [-0.05, 0) is 18.9 Å². The molecule has 2 unspecified atom stereocenters. The Bertz CT molecular complexity index is 481. The van der Waals surface area contributed by atoms with Crippen molar-refractivity contribution in [1.29, 1.82) is 0 Å². The summed E-state index contributed by atoms with van der Waals surface area (Å²) in [5.41, 5.74) is 0.336. The molecule has 0 amide bonds. The van der Waals surface area contributed by atoms with Gasteiger partial charge >= 0.3 is 0 Å². The molecule has 2 aliphatic rings. The highest BCUT2D eigenvalue weighted by Gasteiger charge is 2.38. The molecule has 3 rings (SSSR count). The van der Waals surface area contributed by atoms with Crippen LogP contribution in [0.4, 0.5) is 15.8 Å². The first-order valence-electron chi connectivity index (χ1n) is 5.97. The predicted molar refractivity (Wildman–Crippen MR) is 69.7 cm³/mol. The van der Waals surface area contributed by atoms with Crippen LogP contribution in [0, 0.1) is 15.9 Å². The molecule has 2 saturated heterocycles. The summed E-state index contributed by atoms with van der Waals surface area (Å²) in [5, 5.41) is 10.6. The summed E-state index contributed by atoms with van der Waals surface area (Å²) < 4.78 is 14.0. The van der Waals surface area contributed by atoms with Crippen LogP contribution >= 0.6 is 11.8 Å². The van der Waals surface area contributed by atoms with Crippen molar-refractivity contribution in [2.24, 2.45) is 0 Å². The third-order valence-electron chi connectivity index (χ3n) is 3.66. The number of halogens is 1. The topological polar surface area (TPSA) is 46.4 Å². The molecule has 0 saturated carbocycles. The lowest BCUT2D eigenvalue weighted by Crippen LogP contribution is -2.43. The number of anilines is 1. The van der Waals surface area contributed by atoms with E-state index in [1.165, 1.54) is 6.07 Å². The monoisotopic (exact) mass is 268 g/mol. The van der Waals surface area contributed by atoms with Gasteiger partial charge in [-0.15, -0.1) is 0 Å². The van der Waals surface area contributed by atoms with E-state index in [2.05, 4.69) is 4.90 Å². The Morgan fingerprint density at radius 1 is 1.33 bits per heavy atom. The van der Waals surface area contributed by atoms with E-state index in [4.69, 9.17) is 0 Å². The van der Waals surface area contributed by atoms with Gasteiger partial charge in [0.05, 0.1) is 16.7 Å². The molecule has 96 valence electrons. The Kier molecular flexibility index (Phi) is 2.89. The maximum absolute atomic E-state index is 14.0. The van der Waals surface area contributed by atoms with Gasteiger partial charge in [0.1, 0.15) is 0 Å². The highest BCUT2D eigenvalue weighted by Crippen LogP contribution is 2.39. The summed E-state index contributed by atoms with van der Waals surface area (Å²) >= 11 is 1.91. The molecule has 0 spiro atoms. The van der Waals surface area contributed by atoms with Gasteiger partial charge in [-0.1, -0.05) is 0 Å². The number of benzene rings is 1. The first-order valence-corrected chi connectivity index (χ1v) is 7.12. The molecule has 2 heterocycles. The summed E-state index contributed by atoms with van der Waals surface area (Å²) in [4.78, 5) is 12.2. The van der Waals surface area contributed by atoms with Crippen LogP contribution in [0.15, 0.2) is 18.2 Å². The van der Waals surface area contributed by atoms with Gasteiger partial charge in [-0.3, -0.25) is 10.1 Å². The van der Waals surface area contributed by atoms with Crippen LogP contribution < -0.4 is 4.90 Å². The third-order valence-corrected chi connectivity index (χ3v) is 4.90. The maximum Gasteiger partial charge on any atom is 0.272 e. The molecule has 4 nitrogen and oxygen atoms in total. The van der Waals surface area contributed by atoms with Crippen LogP contribution in [-0.2, 0) is 0 Å². The van der Waals surface area contributed by atoms with E-state index in [0.29, 0.717) is 17.8 Å². The number of nitro groups is 1. The van der Waals surface area contributed by atoms with Gasteiger partial charge < -0.3 is 4.90 Å². The molecule has 0 N–H and O–H groups in total. The quantitative estimate of drug-likeness (QED) is 0.611. The van der Waals surface area contributed by atoms with E-state index in [-0.39, 0.29) is 5.69 Å². The SMILES string of the molecule is O=[N+]([O-])c1ccc(N2C3CCC2CSC3)c(F)c1. The van der Waals surface area contributed by atoms with Crippen molar-refractivity contribution in [3.8, 4) is 0 Å². The van der Waals surface area contributed by atoms with Crippen LogP contribution in [0.5, 0.6) is 0 Å². The van der Waals surface area contributed by atoms with Gasteiger partial charge in [0.2, 0.25) is 0 Å². The fraction of sp³-hybridized carbons (Fsp3) is 0.500. The number of rotatable bonds is 2. The fourth-order valence-corrected chi connectivity index (χ4v) is 4.18. The molecule has 6 heteroatoms. The average molecular weight is 268 g/mol. The van der Waals surface area contributed by atoms with E-state index in [1.54, 1.807) is 6.07 Å². The number of nitrogens with zero attached hydrogens (tertiary/aromatic N) is 2. The maximum atomic E-state index is 14.0. The average Bonchev–Trinajstić information content (AvgIpc) is 2.59. The minimum Gasteiger partial charge on any atom is -0.362 e. The van der Waals surface area contributed by atoms with E-state index < -0.39 is 10.7 Å². The lowest BCUT2D eigenvalue weighted by molar-refractivity contribution is -0.385. The molecule has 0 aromatic heterocycles. The molecule has 1 aromatic carbocycles. The minimum absolute atomic E-state index is 0.185. The highest BCUT2D eigenvalue weighted by molar-refractivity contribution is 7.99. The summed E-state index contributed by atoms with van der Waals surface area (Å²) in [7, 11) is 0. The lowest BCUT2D eigenvalue weighted by Gasteiger charge is -2.36. The first kappa shape index (κ1) is 11.8. The number of hydrogen-bond donors (Lipinski definition) is 0. The predicted octanol–water partition coefficient (Wildman–Crippen LogP) is 2.82. The molecule has 1 aromatic rings. The molecule has 0 radical (unpaired) electrons. The van der Waals surface area contributed by atoms with Gasteiger partial charge in [0.25, 0.3) is 5.69 Å². The third kappa shape index (κ3) is 1.84. The number of thioether (sulfide) groups is 1. The normalized spacial score (nSPS) is 26.4. The van der Waals surface area contributed by atoms with E-state index in [1.807, 2.05) is 11.8 Å². The molecule has 2 aliphatic heterocycles. The summed E-state index contributed by atoms with van der Waals surface area (Å²) in [6.07, 6.45) is 2.18. The van der Waals surface area contributed by atoms with Crippen molar-refractivity contribution in [1.82, 2.24) is 0 Å². The van der Waals surface area contributed by atoms with Crippen molar-refractivity contribution in [3.63, 3.8) is 0 Å². The second-order valence-electron chi connectivity index (χ2n) is 4.72. The van der Waals surface area contributed by atoms with Crippen molar-refractivity contribution in [2.75, 3.05) is 16.4 Å². The fourth-order valence-electron chi connectivity index (χ4n) is 2.84. The molecule has 2 fully saturated rings. The van der Waals surface area contributed by atoms with Crippen LogP contribution in [0.3, 0.4) is 0 Å². The van der Waals surface area contributed by atoms with Crippen molar-refractivity contribution in [3.05, 3.63) is 34.1 Å². The Morgan fingerprint density at radius 2 is 2.00 bits per heavy atom.